The predicted octanol–water partition coefficient (Wildman–Crippen LogP) is 3.59. The monoisotopic (exact) mass is 397 g/mol. The summed E-state index contributed by atoms with van der Waals surface area (Å²) in [4.78, 5) is 18.5. The minimum Gasteiger partial charge on any atom is -0.357 e. The van der Waals surface area contributed by atoms with E-state index in [1.54, 1.807) is 18.6 Å². The summed E-state index contributed by atoms with van der Waals surface area (Å²) in [5, 5.41) is 9.43. The molecule has 4 aromatic rings. The van der Waals surface area contributed by atoms with Gasteiger partial charge in [-0.15, -0.1) is 5.10 Å². The van der Waals surface area contributed by atoms with Crippen molar-refractivity contribution in [3.05, 3.63) is 67.1 Å². The Kier molecular flexibility index (Phi) is 4.93. The van der Waals surface area contributed by atoms with Crippen molar-refractivity contribution in [2.75, 3.05) is 29.9 Å². The van der Waals surface area contributed by atoms with Crippen molar-refractivity contribution in [2.45, 2.75) is 18.9 Å². The number of nitrogens with zero attached hydrogens (tertiary/aromatic N) is 7. The lowest BCUT2D eigenvalue weighted by Crippen LogP contribution is -2.39. The minimum absolute atomic E-state index is 0.366. The van der Waals surface area contributed by atoms with Gasteiger partial charge in [0.2, 0.25) is 0 Å². The molecule has 1 aromatic carbocycles. The Morgan fingerprint density at radius 1 is 1.00 bits per heavy atom. The maximum atomic E-state index is 4.95. The fourth-order valence-corrected chi connectivity index (χ4v) is 4.16. The first-order chi connectivity index (χ1) is 14.8. The van der Waals surface area contributed by atoms with Crippen LogP contribution in [-0.2, 0) is 0 Å². The summed E-state index contributed by atoms with van der Waals surface area (Å²) < 4.78 is 0. The van der Waals surface area contributed by atoms with Crippen LogP contribution < -0.4 is 9.80 Å². The van der Waals surface area contributed by atoms with Crippen molar-refractivity contribution >= 4 is 22.5 Å². The minimum atomic E-state index is 0.366. The van der Waals surface area contributed by atoms with Crippen molar-refractivity contribution in [1.29, 1.82) is 0 Å². The van der Waals surface area contributed by atoms with Crippen LogP contribution >= 0.6 is 0 Å². The van der Waals surface area contributed by atoms with E-state index in [4.69, 9.17) is 9.97 Å². The molecular formula is C23H23N7. The first-order valence-corrected chi connectivity index (χ1v) is 10.2. The Morgan fingerprint density at radius 3 is 2.70 bits per heavy atom. The summed E-state index contributed by atoms with van der Waals surface area (Å²) in [6, 6.07) is 16.4. The molecule has 4 heterocycles. The number of hydrogen-bond acceptors (Lipinski definition) is 7. The van der Waals surface area contributed by atoms with Crippen molar-refractivity contribution in [3.8, 4) is 11.4 Å². The largest absolute Gasteiger partial charge is 0.357 e. The molecule has 7 nitrogen and oxygen atoms in total. The first-order valence-electron chi connectivity index (χ1n) is 10.2. The molecule has 0 aliphatic carbocycles. The lowest BCUT2D eigenvalue weighted by molar-refractivity contribution is 0.644. The normalized spacial score (nSPS) is 16.2. The van der Waals surface area contributed by atoms with E-state index in [0.717, 1.165) is 59.9 Å². The highest BCUT2D eigenvalue weighted by Gasteiger charge is 2.28. The van der Waals surface area contributed by atoms with Gasteiger partial charge in [-0.2, -0.15) is 5.10 Å². The highest BCUT2D eigenvalue weighted by molar-refractivity contribution is 5.91. The molecule has 1 saturated heterocycles. The standard InChI is InChI=1S/C23H23N7/c1-29(16-18-6-5-15-30(18)21-9-4-12-25-28-21)23-19-7-2-3-8-20(19)26-22(27-23)17-10-13-24-14-11-17/h2-4,7-14,18H,5-6,15-16H2,1H3. The number of hydrogen-bond donors (Lipinski definition) is 0. The molecule has 3 aromatic heterocycles. The number of anilines is 2. The van der Waals surface area contributed by atoms with Crippen molar-refractivity contribution in [2.24, 2.45) is 0 Å². The third-order valence-electron chi connectivity index (χ3n) is 5.60. The Balaban J connectivity index is 1.49. The third-order valence-corrected chi connectivity index (χ3v) is 5.60. The molecule has 30 heavy (non-hydrogen) atoms. The molecule has 5 rings (SSSR count). The Labute approximate surface area is 175 Å². The number of pyridine rings is 1. The molecule has 1 aliphatic heterocycles. The van der Waals surface area contributed by atoms with Crippen LogP contribution in [0.15, 0.2) is 67.1 Å². The maximum absolute atomic E-state index is 4.95. The number of para-hydroxylation sites is 1. The number of rotatable bonds is 5. The van der Waals surface area contributed by atoms with E-state index in [1.165, 1.54) is 0 Å². The SMILES string of the molecule is CN(CC1CCCN1c1cccnn1)c1nc(-c2ccncc2)nc2ccccc12. The second-order valence-electron chi connectivity index (χ2n) is 7.58. The molecule has 0 saturated carbocycles. The summed E-state index contributed by atoms with van der Waals surface area (Å²) in [5.41, 5.74) is 1.91. The molecule has 0 N–H and O–H groups in total. The molecule has 1 atom stereocenters. The highest BCUT2D eigenvalue weighted by Crippen LogP contribution is 2.29. The van der Waals surface area contributed by atoms with Gasteiger partial charge in [0.1, 0.15) is 5.82 Å². The molecule has 0 radical (unpaired) electrons. The van der Waals surface area contributed by atoms with Crippen LogP contribution in [0.4, 0.5) is 11.6 Å². The van der Waals surface area contributed by atoms with E-state index in [0.29, 0.717) is 6.04 Å². The molecule has 0 amide bonds. The number of fused-ring (bicyclic) bond motifs is 1. The van der Waals surface area contributed by atoms with Gasteiger partial charge in [0.15, 0.2) is 11.6 Å². The summed E-state index contributed by atoms with van der Waals surface area (Å²) >= 11 is 0. The number of benzene rings is 1. The zero-order chi connectivity index (χ0) is 20.3. The summed E-state index contributed by atoms with van der Waals surface area (Å²) in [7, 11) is 2.11. The number of aromatic nitrogens is 5. The van der Waals surface area contributed by atoms with Gasteiger partial charge in [-0.25, -0.2) is 9.97 Å². The van der Waals surface area contributed by atoms with Crippen LogP contribution in [-0.4, -0.2) is 51.3 Å². The van der Waals surface area contributed by atoms with Crippen molar-refractivity contribution in [1.82, 2.24) is 25.1 Å². The van der Waals surface area contributed by atoms with E-state index in [9.17, 15) is 0 Å². The zero-order valence-corrected chi connectivity index (χ0v) is 16.9. The van der Waals surface area contributed by atoms with E-state index in [-0.39, 0.29) is 0 Å². The Hall–Kier alpha value is -3.61. The van der Waals surface area contributed by atoms with E-state index in [2.05, 4.69) is 38.1 Å². The quantitative estimate of drug-likeness (QED) is 0.510. The average molecular weight is 397 g/mol. The Morgan fingerprint density at radius 2 is 1.87 bits per heavy atom. The fourth-order valence-electron chi connectivity index (χ4n) is 4.16. The fraction of sp³-hybridized carbons (Fsp3) is 0.261. The van der Waals surface area contributed by atoms with Gasteiger partial charge in [0.05, 0.1) is 5.52 Å². The van der Waals surface area contributed by atoms with Gasteiger partial charge in [-0.05, 0) is 49.2 Å². The van der Waals surface area contributed by atoms with Gasteiger partial charge >= 0.3 is 0 Å². The lowest BCUT2D eigenvalue weighted by atomic mass is 10.1. The van der Waals surface area contributed by atoms with E-state index < -0.39 is 0 Å². The van der Waals surface area contributed by atoms with Gasteiger partial charge in [-0.1, -0.05) is 12.1 Å². The van der Waals surface area contributed by atoms with Crippen LogP contribution in [0, 0.1) is 0 Å². The first kappa shape index (κ1) is 18.4. The summed E-state index contributed by atoms with van der Waals surface area (Å²) in [6.45, 7) is 1.86. The van der Waals surface area contributed by atoms with Crippen molar-refractivity contribution < 1.29 is 0 Å². The molecule has 7 heteroatoms. The second kappa shape index (κ2) is 8.02. The lowest BCUT2D eigenvalue weighted by Gasteiger charge is -2.30. The van der Waals surface area contributed by atoms with E-state index >= 15 is 0 Å². The molecule has 0 spiro atoms. The maximum Gasteiger partial charge on any atom is 0.162 e. The molecular weight excluding hydrogens is 374 g/mol. The van der Waals surface area contributed by atoms with Crippen LogP contribution in [0.1, 0.15) is 12.8 Å². The van der Waals surface area contributed by atoms with Crippen molar-refractivity contribution in [3.63, 3.8) is 0 Å². The van der Waals surface area contributed by atoms with Gasteiger partial charge < -0.3 is 9.80 Å². The predicted molar refractivity (Wildman–Crippen MR) is 118 cm³/mol. The summed E-state index contributed by atoms with van der Waals surface area (Å²) in [5.74, 6) is 2.60. The van der Waals surface area contributed by atoms with Crippen LogP contribution in [0.5, 0.6) is 0 Å². The highest BCUT2D eigenvalue weighted by atomic mass is 15.3. The second-order valence-corrected chi connectivity index (χ2v) is 7.58. The summed E-state index contributed by atoms with van der Waals surface area (Å²) in [6.07, 6.45) is 7.54. The number of likely N-dealkylation sites (N-methyl/N-ethyl adjacent to an activating group) is 1. The molecule has 0 bridgehead atoms. The van der Waals surface area contributed by atoms with E-state index in [1.807, 2.05) is 42.5 Å². The van der Waals surface area contributed by atoms with Gasteiger partial charge in [-0.3, -0.25) is 4.98 Å². The van der Waals surface area contributed by atoms with Gasteiger partial charge in [0.25, 0.3) is 0 Å². The molecule has 1 aliphatic rings. The van der Waals surface area contributed by atoms with Crippen LogP contribution in [0.3, 0.4) is 0 Å². The molecule has 1 unspecified atom stereocenters. The molecule has 1 fully saturated rings. The topological polar surface area (TPSA) is 70.9 Å². The third kappa shape index (κ3) is 3.54. The zero-order valence-electron chi connectivity index (χ0n) is 16.9. The average Bonchev–Trinajstić information content (AvgIpc) is 3.27. The van der Waals surface area contributed by atoms with Crippen LogP contribution in [0.25, 0.3) is 22.3 Å². The smallest absolute Gasteiger partial charge is 0.162 e. The Bertz CT molecular complexity index is 1130. The van der Waals surface area contributed by atoms with Gasteiger partial charge in [0, 0.05) is 55.7 Å². The van der Waals surface area contributed by atoms with Crippen LogP contribution in [0.2, 0.25) is 0 Å². The molecule has 150 valence electrons.